The number of rotatable bonds is 7. The maximum Gasteiger partial charge on any atom is 0.416 e. The normalized spacial score (nSPS) is 12.1. The molecule has 10 heteroatoms. The summed E-state index contributed by atoms with van der Waals surface area (Å²) in [5.41, 5.74) is 1.13. The summed E-state index contributed by atoms with van der Waals surface area (Å²) in [7, 11) is 1.55. The number of ether oxygens (including phenoxy) is 1. The van der Waals surface area contributed by atoms with E-state index in [0.717, 1.165) is 28.3 Å². The van der Waals surface area contributed by atoms with E-state index >= 15 is 0 Å². The standard InChI is InChI=1S/C24H24F3N3O3S/c1-15-16(2)34-23(29-22(32)19-8-5-9-20(13-19)24(25,26)27)30(15)14-17-6-4-7-18(12-17)21(31)28-10-11-33-3/h4-9,12-13H,10-11,14H2,1-3H3,(H,28,31). The molecule has 0 saturated carbocycles. The first kappa shape index (κ1) is 25.4. The fourth-order valence-electron chi connectivity index (χ4n) is 3.21. The van der Waals surface area contributed by atoms with Crippen LogP contribution in [-0.4, -0.2) is 36.6 Å². The predicted molar refractivity (Wildman–Crippen MR) is 123 cm³/mol. The molecule has 2 aromatic carbocycles. The third kappa shape index (κ3) is 6.21. The number of halogens is 3. The molecule has 1 N–H and O–H groups in total. The van der Waals surface area contributed by atoms with Gasteiger partial charge in [0.1, 0.15) is 0 Å². The first-order valence-electron chi connectivity index (χ1n) is 10.4. The molecule has 1 aromatic heterocycles. The summed E-state index contributed by atoms with van der Waals surface area (Å²) in [4.78, 5) is 30.4. The molecule has 0 aliphatic carbocycles. The molecule has 180 valence electrons. The zero-order chi connectivity index (χ0) is 24.9. The Hall–Kier alpha value is -3.24. The van der Waals surface area contributed by atoms with Crippen LogP contribution in [0.3, 0.4) is 0 Å². The number of carbonyl (C=O) groups excluding carboxylic acids is 2. The van der Waals surface area contributed by atoms with Crippen LogP contribution in [0.4, 0.5) is 13.2 Å². The van der Waals surface area contributed by atoms with E-state index in [1.807, 2.05) is 24.5 Å². The number of nitrogens with zero attached hydrogens (tertiary/aromatic N) is 2. The lowest BCUT2D eigenvalue weighted by molar-refractivity contribution is -0.137. The summed E-state index contributed by atoms with van der Waals surface area (Å²) in [5.74, 6) is -0.987. The second-order valence-electron chi connectivity index (χ2n) is 7.56. The van der Waals surface area contributed by atoms with Crippen LogP contribution in [0.25, 0.3) is 0 Å². The van der Waals surface area contributed by atoms with Crippen LogP contribution in [0.1, 0.15) is 42.4 Å². The van der Waals surface area contributed by atoms with Crippen LogP contribution >= 0.6 is 11.3 Å². The van der Waals surface area contributed by atoms with Gasteiger partial charge in [-0.05, 0) is 49.7 Å². The van der Waals surface area contributed by atoms with Gasteiger partial charge in [0.15, 0.2) is 4.80 Å². The molecular weight excluding hydrogens is 467 g/mol. The minimum absolute atomic E-state index is 0.139. The number of thiazole rings is 1. The Kier molecular flexibility index (Phi) is 8.06. The quantitative estimate of drug-likeness (QED) is 0.500. The molecule has 3 aromatic rings. The summed E-state index contributed by atoms with van der Waals surface area (Å²) >= 11 is 1.28. The molecule has 0 fully saturated rings. The van der Waals surface area contributed by atoms with E-state index in [-0.39, 0.29) is 11.5 Å². The number of methoxy groups -OCH3 is 1. The van der Waals surface area contributed by atoms with E-state index < -0.39 is 17.6 Å². The number of aryl methyl sites for hydroxylation is 1. The lowest BCUT2D eigenvalue weighted by Gasteiger charge is -2.09. The molecule has 0 aliphatic rings. The van der Waals surface area contributed by atoms with Crippen molar-refractivity contribution in [2.75, 3.05) is 20.3 Å². The molecule has 0 bridgehead atoms. The van der Waals surface area contributed by atoms with Crippen molar-refractivity contribution in [1.29, 1.82) is 0 Å². The molecule has 0 aliphatic heterocycles. The van der Waals surface area contributed by atoms with Gasteiger partial charge >= 0.3 is 6.18 Å². The third-order valence-electron chi connectivity index (χ3n) is 5.15. The fourth-order valence-corrected chi connectivity index (χ4v) is 4.18. The number of aromatic nitrogens is 1. The summed E-state index contributed by atoms with van der Waals surface area (Å²) in [6.45, 7) is 4.88. The molecule has 0 spiro atoms. The molecule has 0 saturated heterocycles. The lowest BCUT2D eigenvalue weighted by Crippen LogP contribution is -2.27. The Labute approximate surface area is 198 Å². The topological polar surface area (TPSA) is 72.7 Å². The van der Waals surface area contributed by atoms with Crippen LogP contribution in [0.2, 0.25) is 0 Å². The Balaban J connectivity index is 1.90. The van der Waals surface area contributed by atoms with Gasteiger partial charge in [-0.2, -0.15) is 18.2 Å². The van der Waals surface area contributed by atoms with Crippen LogP contribution < -0.4 is 10.1 Å². The maximum absolute atomic E-state index is 13.0. The summed E-state index contributed by atoms with van der Waals surface area (Å²) in [5, 5.41) is 2.77. The van der Waals surface area contributed by atoms with Crippen molar-refractivity contribution < 1.29 is 27.5 Å². The average molecular weight is 492 g/mol. The molecular formula is C24H24F3N3O3S. The average Bonchev–Trinajstić information content (AvgIpc) is 3.06. The zero-order valence-electron chi connectivity index (χ0n) is 18.9. The van der Waals surface area contributed by atoms with E-state index in [0.29, 0.717) is 30.1 Å². The fraction of sp³-hybridized carbons (Fsp3) is 0.292. The number of hydrogen-bond donors (Lipinski definition) is 1. The van der Waals surface area contributed by atoms with Crippen molar-refractivity contribution in [3.05, 3.63) is 86.2 Å². The Bertz CT molecular complexity index is 1260. The van der Waals surface area contributed by atoms with E-state index in [9.17, 15) is 22.8 Å². The van der Waals surface area contributed by atoms with Gasteiger partial charge in [-0.1, -0.05) is 18.2 Å². The van der Waals surface area contributed by atoms with E-state index in [1.165, 1.54) is 23.5 Å². The molecule has 34 heavy (non-hydrogen) atoms. The minimum Gasteiger partial charge on any atom is -0.383 e. The number of nitrogens with one attached hydrogen (secondary N) is 1. The van der Waals surface area contributed by atoms with Crippen LogP contribution in [0.15, 0.2) is 53.5 Å². The van der Waals surface area contributed by atoms with Gasteiger partial charge < -0.3 is 14.6 Å². The highest BCUT2D eigenvalue weighted by molar-refractivity contribution is 7.09. The molecule has 0 atom stereocenters. The van der Waals surface area contributed by atoms with E-state index in [4.69, 9.17) is 4.74 Å². The van der Waals surface area contributed by atoms with Crippen LogP contribution in [0.5, 0.6) is 0 Å². The molecule has 6 nitrogen and oxygen atoms in total. The first-order chi connectivity index (χ1) is 16.1. The molecule has 2 amide bonds. The second kappa shape index (κ2) is 10.8. The van der Waals surface area contributed by atoms with Crippen molar-refractivity contribution in [2.24, 2.45) is 4.99 Å². The lowest BCUT2D eigenvalue weighted by atomic mass is 10.1. The Morgan fingerprint density at radius 3 is 2.50 bits per heavy atom. The van der Waals surface area contributed by atoms with Gasteiger partial charge in [0.05, 0.1) is 18.7 Å². The summed E-state index contributed by atoms with van der Waals surface area (Å²) in [6, 6.07) is 11.3. The van der Waals surface area contributed by atoms with Crippen molar-refractivity contribution in [3.63, 3.8) is 0 Å². The molecule has 0 radical (unpaired) electrons. The predicted octanol–water partition coefficient (Wildman–Crippen LogP) is 4.35. The third-order valence-corrected chi connectivity index (χ3v) is 6.24. The van der Waals surface area contributed by atoms with Gasteiger partial charge in [-0.25, -0.2) is 0 Å². The highest BCUT2D eigenvalue weighted by atomic mass is 32.1. The highest BCUT2D eigenvalue weighted by Gasteiger charge is 2.30. The smallest absolute Gasteiger partial charge is 0.383 e. The number of benzene rings is 2. The number of carbonyl (C=O) groups is 2. The molecule has 0 unspecified atom stereocenters. The largest absolute Gasteiger partial charge is 0.416 e. The van der Waals surface area contributed by atoms with Gasteiger partial charge in [0, 0.05) is 35.4 Å². The van der Waals surface area contributed by atoms with Crippen LogP contribution in [-0.2, 0) is 17.5 Å². The second-order valence-corrected chi connectivity index (χ2v) is 8.74. The monoisotopic (exact) mass is 491 g/mol. The number of alkyl halides is 3. The van der Waals surface area contributed by atoms with Gasteiger partial charge in [-0.15, -0.1) is 11.3 Å². The van der Waals surface area contributed by atoms with Gasteiger partial charge in [0.25, 0.3) is 11.8 Å². The molecule has 1 heterocycles. The van der Waals surface area contributed by atoms with Crippen molar-refractivity contribution in [1.82, 2.24) is 9.88 Å². The van der Waals surface area contributed by atoms with Crippen molar-refractivity contribution in [2.45, 2.75) is 26.6 Å². The van der Waals surface area contributed by atoms with E-state index in [2.05, 4.69) is 10.3 Å². The summed E-state index contributed by atoms with van der Waals surface area (Å²) < 4.78 is 45.8. The van der Waals surface area contributed by atoms with Crippen molar-refractivity contribution in [3.8, 4) is 0 Å². The van der Waals surface area contributed by atoms with Crippen LogP contribution in [0, 0.1) is 13.8 Å². The SMILES string of the molecule is COCCNC(=O)c1cccc(Cn2c(C)c(C)sc2=NC(=O)c2cccc(C(F)(F)F)c2)c1. The van der Waals surface area contributed by atoms with Crippen molar-refractivity contribution >= 4 is 23.2 Å². The summed E-state index contributed by atoms with van der Waals surface area (Å²) in [6.07, 6.45) is -4.55. The Morgan fingerprint density at radius 2 is 1.79 bits per heavy atom. The minimum atomic E-state index is -4.55. The van der Waals surface area contributed by atoms with Gasteiger partial charge in [0.2, 0.25) is 0 Å². The van der Waals surface area contributed by atoms with Gasteiger partial charge in [-0.3, -0.25) is 9.59 Å². The maximum atomic E-state index is 13.0. The highest BCUT2D eigenvalue weighted by Crippen LogP contribution is 2.29. The number of hydrogen-bond acceptors (Lipinski definition) is 4. The van der Waals surface area contributed by atoms with E-state index in [1.54, 1.807) is 25.3 Å². The number of amides is 2. The first-order valence-corrected chi connectivity index (χ1v) is 11.2. The zero-order valence-corrected chi connectivity index (χ0v) is 19.7. The Morgan fingerprint density at radius 1 is 1.09 bits per heavy atom. The molecule has 3 rings (SSSR count).